The average molecular weight is 356 g/mol. The van der Waals surface area contributed by atoms with Gasteiger partial charge in [-0.2, -0.15) is 0 Å². The second-order valence-corrected chi connectivity index (χ2v) is 6.69. The molecule has 6 heteroatoms. The first kappa shape index (κ1) is 18.2. The molecule has 0 saturated carbocycles. The van der Waals surface area contributed by atoms with Crippen LogP contribution in [0.25, 0.3) is 0 Å². The number of furan rings is 1. The monoisotopic (exact) mass is 356 g/mol. The Hall–Kier alpha value is -2.60. The number of carbonyl (C=O) groups excluding carboxylic acids is 2. The van der Waals surface area contributed by atoms with E-state index in [-0.39, 0.29) is 17.9 Å². The summed E-state index contributed by atoms with van der Waals surface area (Å²) < 4.78 is 5.18. The zero-order valence-corrected chi connectivity index (χ0v) is 15.3. The summed E-state index contributed by atoms with van der Waals surface area (Å²) in [6.45, 7) is 6.78. The molecule has 6 nitrogen and oxygen atoms in total. The number of quaternary nitrogens is 1. The fourth-order valence-electron chi connectivity index (χ4n) is 3.25. The number of aryl methyl sites for hydroxylation is 1. The van der Waals surface area contributed by atoms with Crippen molar-refractivity contribution in [1.82, 2.24) is 4.90 Å². The molecule has 0 unspecified atom stereocenters. The first-order valence-corrected chi connectivity index (χ1v) is 9.15. The molecule has 0 bridgehead atoms. The van der Waals surface area contributed by atoms with Crippen molar-refractivity contribution in [3.63, 3.8) is 0 Å². The summed E-state index contributed by atoms with van der Waals surface area (Å²) >= 11 is 0. The van der Waals surface area contributed by atoms with Crippen molar-refractivity contribution in [2.24, 2.45) is 0 Å². The SMILES string of the molecule is CCc1ccc(NC(=O)[C@@H](C)[NH+]2CCN(C(=O)c3ccco3)CC2)cc1. The van der Waals surface area contributed by atoms with Crippen LogP contribution < -0.4 is 10.2 Å². The molecule has 1 aromatic heterocycles. The Bertz CT molecular complexity index is 732. The number of carbonyl (C=O) groups is 2. The third kappa shape index (κ3) is 4.14. The van der Waals surface area contributed by atoms with E-state index in [1.807, 2.05) is 31.2 Å². The van der Waals surface area contributed by atoms with Crippen LogP contribution in [-0.2, 0) is 11.2 Å². The molecule has 26 heavy (non-hydrogen) atoms. The van der Waals surface area contributed by atoms with Crippen molar-refractivity contribution in [3.8, 4) is 0 Å². The van der Waals surface area contributed by atoms with Gasteiger partial charge in [0.05, 0.1) is 32.4 Å². The number of hydrogen-bond donors (Lipinski definition) is 2. The van der Waals surface area contributed by atoms with Gasteiger partial charge in [0.25, 0.3) is 11.8 Å². The van der Waals surface area contributed by atoms with Gasteiger partial charge in [-0.15, -0.1) is 0 Å². The van der Waals surface area contributed by atoms with Gasteiger partial charge in [-0.25, -0.2) is 0 Å². The van der Waals surface area contributed by atoms with Crippen molar-refractivity contribution < 1.29 is 18.9 Å². The molecule has 1 aliphatic heterocycles. The van der Waals surface area contributed by atoms with Crippen molar-refractivity contribution in [2.45, 2.75) is 26.3 Å². The molecule has 138 valence electrons. The highest BCUT2D eigenvalue weighted by Crippen LogP contribution is 2.10. The summed E-state index contributed by atoms with van der Waals surface area (Å²) in [5.74, 6) is 0.298. The number of benzene rings is 1. The van der Waals surface area contributed by atoms with Crippen molar-refractivity contribution in [3.05, 3.63) is 54.0 Å². The molecule has 1 saturated heterocycles. The number of nitrogens with zero attached hydrogens (tertiary/aromatic N) is 1. The van der Waals surface area contributed by atoms with Gasteiger partial charge in [-0.3, -0.25) is 9.59 Å². The molecule has 2 amide bonds. The number of anilines is 1. The van der Waals surface area contributed by atoms with E-state index in [0.29, 0.717) is 18.8 Å². The molecule has 0 aliphatic carbocycles. The van der Waals surface area contributed by atoms with Gasteiger partial charge in [0, 0.05) is 5.69 Å². The summed E-state index contributed by atoms with van der Waals surface area (Å²) in [6, 6.07) is 11.2. The van der Waals surface area contributed by atoms with E-state index in [1.54, 1.807) is 17.0 Å². The van der Waals surface area contributed by atoms with Gasteiger partial charge in [-0.1, -0.05) is 19.1 Å². The lowest BCUT2D eigenvalue weighted by Crippen LogP contribution is -3.19. The van der Waals surface area contributed by atoms with E-state index < -0.39 is 0 Å². The minimum absolute atomic E-state index is 0.00931. The summed E-state index contributed by atoms with van der Waals surface area (Å²) in [5, 5.41) is 2.99. The lowest BCUT2D eigenvalue weighted by molar-refractivity contribution is -0.917. The minimum Gasteiger partial charge on any atom is -0.459 e. The van der Waals surface area contributed by atoms with Crippen LogP contribution in [-0.4, -0.2) is 48.9 Å². The standard InChI is InChI=1S/C20H25N3O3/c1-3-16-6-8-17(9-7-16)21-19(24)15(2)22-10-12-23(13-11-22)20(25)18-5-4-14-26-18/h4-9,14-15H,3,10-13H2,1-2H3,(H,21,24)/p+1/t15-/m1/s1. The third-order valence-electron chi connectivity index (χ3n) is 5.06. The Morgan fingerprint density at radius 3 is 2.46 bits per heavy atom. The highest BCUT2D eigenvalue weighted by Gasteiger charge is 2.31. The summed E-state index contributed by atoms with van der Waals surface area (Å²) in [4.78, 5) is 27.8. The molecule has 2 heterocycles. The number of piperazine rings is 1. The van der Waals surface area contributed by atoms with Crippen LogP contribution in [0, 0.1) is 0 Å². The van der Waals surface area contributed by atoms with Gasteiger partial charge < -0.3 is 19.5 Å². The Balaban J connectivity index is 1.51. The van der Waals surface area contributed by atoms with E-state index in [0.717, 1.165) is 25.2 Å². The molecule has 1 fully saturated rings. The lowest BCUT2D eigenvalue weighted by atomic mass is 10.1. The highest BCUT2D eigenvalue weighted by atomic mass is 16.3. The van der Waals surface area contributed by atoms with E-state index in [9.17, 15) is 9.59 Å². The number of nitrogens with one attached hydrogen (secondary N) is 2. The maximum Gasteiger partial charge on any atom is 0.289 e. The van der Waals surface area contributed by atoms with Gasteiger partial charge in [-0.05, 0) is 43.2 Å². The Kier molecular flexibility index (Phi) is 5.73. The molecule has 0 radical (unpaired) electrons. The molecule has 3 rings (SSSR count). The van der Waals surface area contributed by atoms with Crippen LogP contribution >= 0.6 is 0 Å². The summed E-state index contributed by atoms with van der Waals surface area (Å²) in [5.41, 5.74) is 2.07. The maximum atomic E-state index is 12.5. The smallest absolute Gasteiger partial charge is 0.289 e. The predicted octanol–water partition coefficient (Wildman–Crippen LogP) is 1.21. The van der Waals surface area contributed by atoms with E-state index in [1.165, 1.54) is 16.7 Å². The van der Waals surface area contributed by atoms with E-state index >= 15 is 0 Å². The Morgan fingerprint density at radius 1 is 1.19 bits per heavy atom. The summed E-state index contributed by atoms with van der Waals surface area (Å²) in [7, 11) is 0. The van der Waals surface area contributed by atoms with Crippen LogP contribution in [0.3, 0.4) is 0 Å². The second-order valence-electron chi connectivity index (χ2n) is 6.69. The molecule has 2 aromatic rings. The first-order valence-electron chi connectivity index (χ1n) is 9.15. The second kappa shape index (κ2) is 8.19. The average Bonchev–Trinajstić information content (AvgIpc) is 3.22. The fraction of sp³-hybridized carbons (Fsp3) is 0.400. The quantitative estimate of drug-likeness (QED) is 0.846. The van der Waals surface area contributed by atoms with Crippen LogP contribution in [0.2, 0.25) is 0 Å². The molecule has 1 aromatic carbocycles. The number of amides is 2. The normalized spacial score (nSPS) is 16.3. The molecule has 2 N–H and O–H groups in total. The van der Waals surface area contributed by atoms with Gasteiger partial charge in [0.15, 0.2) is 11.8 Å². The lowest BCUT2D eigenvalue weighted by Gasteiger charge is -2.34. The molecular formula is C20H26N3O3+. The Labute approximate surface area is 153 Å². The van der Waals surface area contributed by atoms with E-state index in [2.05, 4.69) is 12.2 Å². The van der Waals surface area contributed by atoms with Crippen molar-refractivity contribution >= 4 is 17.5 Å². The third-order valence-corrected chi connectivity index (χ3v) is 5.06. The van der Waals surface area contributed by atoms with Crippen LogP contribution in [0.1, 0.15) is 30.0 Å². The van der Waals surface area contributed by atoms with Crippen molar-refractivity contribution in [2.75, 3.05) is 31.5 Å². The van der Waals surface area contributed by atoms with Crippen LogP contribution in [0.5, 0.6) is 0 Å². The highest BCUT2D eigenvalue weighted by molar-refractivity contribution is 5.93. The molecule has 1 aliphatic rings. The number of rotatable bonds is 5. The molecule has 1 atom stereocenters. The van der Waals surface area contributed by atoms with Crippen molar-refractivity contribution in [1.29, 1.82) is 0 Å². The predicted molar refractivity (Wildman–Crippen MR) is 99.2 cm³/mol. The maximum absolute atomic E-state index is 12.5. The topological polar surface area (TPSA) is 67.0 Å². The summed E-state index contributed by atoms with van der Waals surface area (Å²) in [6.07, 6.45) is 2.49. The fourth-order valence-corrected chi connectivity index (χ4v) is 3.25. The van der Waals surface area contributed by atoms with Gasteiger partial charge in [0.2, 0.25) is 0 Å². The zero-order chi connectivity index (χ0) is 18.5. The zero-order valence-electron chi connectivity index (χ0n) is 15.3. The largest absolute Gasteiger partial charge is 0.459 e. The van der Waals surface area contributed by atoms with Gasteiger partial charge in [0.1, 0.15) is 0 Å². The minimum atomic E-state index is -0.165. The first-order chi connectivity index (χ1) is 12.6. The van der Waals surface area contributed by atoms with Crippen LogP contribution in [0.4, 0.5) is 5.69 Å². The van der Waals surface area contributed by atoms with Crippen LogP contribution in [0.15, 0.2) is 47.1 Å². The molecular weight excluding hydrogens is 330 g/mol. The van der Waals surface area contributed by atoms with Gasteiger partial charge >= 0.3 is 0 Å². The van der Waals surface area contributed by atoms with E-state index in [4.69, 9.17) is 4.42 Å². The Morgan fingerprint density at radius 2 is 1.88 bits per heavy atom. The number of hydrogen-bond acceptors (Lipinski definition) is 3. The molecule has 0 spiro atoms.